The van der Waals surface area contributed by atoms with Crippen molar-refractivity contribution in [3.8, 4) is 0 Å². The molecule has 0 bridgehead atoms. The minimum atomic E-state index is 0.366. The summed E-state index contributed by atoms with van der Waals surface area (Å²) >= 11 is 5.95. The Hall–Kier alpha value is -1.34. The third-order valence-electron chi connectivity index (χ3n) is 4.07. The fraction of sp³-hybridized carbons (Fsp3) is 0.312. The van der Waals surface area contributed by atoms with Crippen molar-refractivity contribution in [1.82, 2.24) is 0 Å². The summed E-state index contributed by atoms with van der Waals surface area (Å²) in [5.74, 6) is 0.366. The molecule has 1 aliphatic carbocycles. The van der Waals surface area contributed by atoms with E-state index in [0.29, 0.717) is 16.5 Å². The number of aldehydes is 1. The maximum atomic E-state index is 11.2. The van der Waals surface area contributed by atoms with Gasteiger partial charge in [-0.05, 0) is 55.2 Å². The van der Waals surface area contributed by atoms with Gasteiger partial charge >= 0.3 is 0 Å². The zero-order valence-electron chi connectivity index (χ0n) is 11.2. The molecule has 1 aromatic rings. The molecule has 18 heavy (non-hydrogen) atoms. The molecule has 1 unspecified atom stereocenters. The van der Waals surface area contributed by atoms with Crippen LogP contribution in [0.2, 0.25) is 5.02 Å². The second-order valence-electron chi connectivity index (χ2n) is 4.92. The standard InChI is InChI=1S/C16H17ClO/c1-9-10(2)12(4)16(11(9)3)15-6-5-14(17)7-13(15)8-18/h5-8,11H,1-4H3. The predicted octanol–water partition coefficient (Wildman–Crippen LogP) is 4.91. The summed E-state index contributed by atoms with van der Waals surface area (Å²) in [5, 5.41) is 0.603. The van der Waals surface area contributed by atoms with Gasteiger partial charge in [-0.2, -0.15) is 0 Å². The maximum absolute atomic E-state index is 11.2. The van der Waals surface area contributed by atoms with Crippen LogP contribution in [0.25, 0.3) is 5.57 Å². The topological polar surface area (TPSA) is 17.1 Å². The first-order chi connectivity index (χ1) is 8.47. The lowest BCUT2D eigenvalue weighted by molar-refractivity contribution is 0.112. The maximum Gasteiger partial charge on any atom is 0.150 e. The van der Waals surface area contributed by atoms with Gasteiger partial charge in [0.2, 0.25) is 0 Å². The highest BCUT2D eigenvalue weighted by Crippen LogP contribution is 2.43. The second-order valence-corrected chi connectivity index (χ2v) is 5.35. The summed E-state index contributed by atoms with van der Waals surface area (Å²) in [6.45, 7) is 8.62. The Morgan fingerprint density at radius 1 is 1.17 bits per heavy atom. The molecule has 0 aliphatic heterocycles. The van der Waals surface area contributed by atoms with Crippen LogP contribution in [0.3, 0.4) is 0 Å². The van der Waals surface area contributed by atoms with Gasteiger partial charge in [-0.25, -0.2) is 0 Å². The van der Waals surface area contributed by atoms with E-state index in [0.717, 1.165) is 11.8 Å². The van der Waals surface area contributed by atoms with E-state index in [9.17, 15) is 4.79 Å². The first kappa shape index (κ1) is 13.1. The lowest BCUT2D eigenvalue weighted by Gasteiger charge is -2.15. The number of hydrogen-bond acceptors (Lipinski definition) is 1. The van der Waals surface area contributed by atoms with Crippen LogP contribution in [-0.2, 0) is 0 Å². The van der Waals surface area contributed by atoms with E-state index < -0.39 is 0 Å². The van der Waals surface area contributed by atoms with Crippen LogP contribution in [0, 0.1) is 5.92 Å². The third-order valence-corrected chi connectivity index (χ3v) is 4.31. The Morgan fingerprint density at radius 3 is 2.33 bits per heavy atom. The highest BCUT2D eigenvalue weighted by molar-refractivity contribution is 6.31. The summed E-state index contributed by atoms with van der Waals surface area (Å²) < 4.78 is 0. The van der Waals surface area contributed by atoms with E-state index in [1.54, 1.807) is 6.07 Å². The zero-order chi connectivity index (χ0) is 13.4. The molecule has 1 aliphatic rings. The van der Waals surface area contributed by atoms with E-state index in [-0.39, 0.29) is 0 Å². The van der Waals surface area contributed by atoms with Crippen molar-refractivity contribution in [2.24, 2.45) is 5.92 Å². The number of carbonyl (C=O) groups is 1. The molecule has 1 aromatic carbocycles. The minimum absolute atomic E-state index is 0.366. The SMILES string of the molecule is CC1=C(C)C(C)C(c2ccc(Cl)cc2C=O)=C1C. The van der Waals surface area contributed by atoms with Crippen LogP contribution < -0.4 is 0 Å². The largest absolute Gasteiger partial charge is 0.298 e. The molecule has 0 amide bonds. The molecule has 0 N–H and O–H groups in total. The number of hydrogen-bond donors (Lipinski definition) is 0. The molecule has 2 heteroatoms. The van der Waals surface area contributed by atoms with Crippen molar-refractivity contribution in [1.29, 1.82) is 0 Å². The number of carbonyl (C=O) groups excluding carboxylic acids is 1. The summed E-state index contributed by atoms with van der Waals surface area (Å²) in [4.78, 5) is 11.2. The average molecular weight is 261 g/mol. The van der Waals surface area contributed by atoms with E-state index in [4.69, 9.17) is 11.6 Å². The van der Waals surface area contributed by atoms with Crippen LogP contribution in [0.1, 0.15) is 43.6 Å². The van der Waals surface area contributed by atoms with Gasteiger partial charge in [-0.3, -0.25) is 4.79 Å². The van der Waals surface area contributed by atoms with Gasteiger partial charge in [0.15, 0.2) is 6.29 Å². The first-order valence-electron chi connectivity index (χ1n) is 6.11. The molecule has 0 heterocycles. The lowest BCUT2D eigenvalue weighted by atomic mass is 9.89. The third kappa shape index (κ3) is 1.93. The second kappa shape index (κ2) is 4.74. The summed E-state index contributed by atoms with van der Waals surface area (Å²) in [7, 11) is 0. The molecule has 0 fully saturated rings. The van der Waals surface area contributed by atoms with Gasteiger partial charge in [-0.1, -0.05) is 30.2 Å². The van der Waals surface area contributed by atoms with Crippen molar-refractivity contribution < 1.29 is 4.79 Å². The molecule has 94 valence electrons. The highest BCUT2D eigenvalue weighted by atomic mass is 35.5. The molecular weight excluding hydrogens is 244 g/mol. The summed E-state index contributed by atoms with van der Waals surface area (Å²) in [6, 6.07) is 5.53. The van der Waals surface area contributed by atoms with Gasteiger partial charge < -0.3 is 0 Å². The minimum Gasteiger partial charge on any atom is -0.298 e. The van der Waals surface area contributed by atoms with E-state index in [1.807, 2.05) is 12.1 Å². The number of rotatable bonds is 2. The molecule has 0 spiro atoms. The smallest absolute Gasteiger partial charge is 0.150 e. The number of halogens is 1. The Bertz CT molecular complexity index is 579. The van der Waals surface area contributed by atoms with E-state index >= 15 is 0 Å². The van der Waals surface area contributed by atoms with Crippen LogP contribution in [0.4, 0.5) is 0 Å². The quantitative estimate of drug-likeness (QED) is 0.691. The molecule has 0 saturated carbocycles. The number of benzene rings is 1. The zero-order valence-corrected chi connectivity index (χ0v) is 11.9. The molecule has 0 saturated heterocycles. The molecule has 2 rings (SSSR count). The van der Waals surface area contributed by atoms with Crippen molar-refractivity contribution in [2.45, 2.75) is 27.7 Å². The van der Waals surface area contributed by atoms with Crippen LogP contribution in [-0.4, -0.2) is 6.29 Å². The fourth-order valence-corrected chi connectivity index (χ4v) is 2.86. The van der Waals surface area contributed by atoms with Gasteiger partial charge in [0.1, 0.15) is 0 Å². The molecule has 1 atom stereocenters. The van der Waals surface area contributed by atoms with Gasteiger partial charge in [0.25, 0.3) is 0 Å². The Morgan fingerprint density at radius 2 is 1.83 bits per heavy atom. The number of allylic oxidation sites excluding steroid dienone is 4. The normalized spacial score (nSPS) is 19.7. The van der Waals surface area contributed by atoms with Crippen LogP contribution in [0.15, 0.2) is 34.9 Å². The van der Waals surface area contributed by atoms with Gasteiger partial charge in [0.05, 0.1) is 0 Å². The highest BCUT2D eigenvalue weighted by Gasteiger charge is 2.25. The Kier molecular flexibility index (Phi) is 3.45. The molecule has 0 radical (unpaired) electrons. The molecule has 0 aromatic heterocycles. The predicted molar refractivity (Wildman–Crippen MR) is 77.0 cm³/mol. The van der Waals surface area contributed by atoms with Crippen LogP contribution >= 0.6 is 11.6 Å². The Balaban J connectivity index is 2.62. The summed E-state index contributed by atoms with van der Waals surface area (Å²) in [5.41, 5.74) is 6.94. The van der Waals surface area contributed by atoms with E-state index in [2.05, 4.69) is 27.7 Å². The molecule has 1 nitrogen and oxygen atoms in total. The van der Waals surface area contributed by atoms with Crippen molar-refractivity contribution >= 4 is 23.5 Å². The molecular formula is C16H17ClO. The van der Waals surface area contributed by atoms with Gasteiger partial charge in [0, 0.05) is 16.5 Å². The lowest BCUT2D eigenvalue weighted by Crippen LogP contribution is -2.00. The monoisotopic (exact) mass is 260 g/mol. The summed E-state index contributed by atoms with van der Waals surface area (Å²) in [6.07, 6.45) is 0.886. The van der Waals surface area contributed by atoms with E-state index in [1.165, 1.54) is 22.3 Å². The van der Waals surface area contributed by atoms with Crippen molar-refractivity contribution in [3.63, 3.8) is 0 Å². The van der Waals surface area contributed by atoms with Crippen molar-refractivity contribution in [2.75, 3.05) is 0 Å². The van der Waals surface area contributed by atoms with Crippen molar-refractivity contribution in [3.05, 3.63) is 51.1 Å². The van der Waals surface area contributed by atoms with Gasteiger partial charge in [-0.15, -0.1) is 0 Å². The fourth-order valence-electron chi connectivity index (χ4n) is 2.68. The van der Waals surface area contributed by atoms with Crippen LogP contribution in [0.5, 0.6) is 0 Å². The first-order valence-corrected chi connectivity index (χ1v) is 6.48. The average Bonchev–Trinajstić information content (AvgIpc) is 2.55. The Labute approximate surface area is 113 Å².